The number of amides is 1. The molecular formula is C17H19ClN2O3. The van der Waals surface area contributed by atoms with E-state index >= 15 is 0 Å². The zero-order chi connectivity index (χ0) is 16.9. The lowest BCUT2D eigenvalue weighted by Crippen LogP contribution is -2.46. The van der Waals surface area contributed by atoms with Crippen LogP contribution in [0.4, 0.5) is 0 Å². The molecule has 0 saturated carbocycles. The van der Waals surface area contributed by atoms with E-state index in [9.17, 15) is 4.79 Å². The minimum Gasteiger partial charge on any atom is -0.481 e. The van der Waals surface area contributed by atoms with Crippen molar-refractivity contribution >= 4 is 17.5 Å². The van der Waals surface area contributed by atoms with Gasteiger partial charge in [0.05, 0.1) is 7.11 Å². The maximum atomic E-state index is 12.4. The molecule has 5 nitrogen and oxygen atoms in total. The molecule has 122 valence electrons. The van der Waals surface area contributed by atoms with Crippen molar-refractivity contribution in [2.24, 2.45) is 0 Å². The first-order chi connectivity index (χ1) is 10.9. The third-order valence-corrected chi connectivity index (χ3v) is 3.47. The number of carbonyl (C=O) groups is 1. The summed E-state index contributed by atoms with van der Waals surface area (Å²) in [5.74, 6) is 0.830. The molecule has 0 unspecified atom stereocenters. The molecule has 0 fully saturated rings. The number of methoxy groups -OCH3 is 1. The molecule has 0 aliphatic rings. The van der Waals surface area contributed by atoms with Gasteiger partial charge in [-0.05, 0) is 44.2 Å². The van der Waals surface area contributed by atoms with Gasteiger partial charge in [0.2, 0.25) is 5.88 Å². The van der Waals surface area contributed by atoms with Crippen LogP contribution in [0, 0.1) is 0 Å². The highest BCUT2D eigenvalue weighted by atomic mass is 35.5. The molecule has 0 atom stereocenters. The number of aromatic nitrogens is 1. The number of rotatable bonds is 6. The Bertz CT molecular complexity index is 672. The molecule has 0 spiro atoms. The third kappa shape index (κ3) is 4.60. The van der Waals surface area contributed by atoms with E-state index < -0.39 is 5.60 Å². The molecule has 2 rings (SSSR count). The van der Waals surface area contributed by atoms with E-state index in [0.29, 0.717) is 23.2 Å². The second-order valence-electron chi connectivity index (χ2n) is 5.42. The van der Waals surface area contributed by atoms with Crippen molar-refractivity contribution in [1.29, 1.82) is 0 Å². The minimum absolute atomic E-state index is 0.238. The summed E-state index contributed by atoms with van der Waals surface area (Å²) in [7, 11) is 1.54. The van der Waals surface area contributed by atoms with Crippen molar-refractivity contribution in [2.75, 3.05) is 7.11 Å². The van der Waals surface area contributed by atoms with Crippen molar-refractivity contribution in [1.82, 2.24) is 10.3 Å². The molecule has 1 amide bonds. The number of pyridine rings is 1. The summed E-state index contributed by atoms with van der Waals surface area (Å²) in [5.41, 5.74) is -0.228. The highest BCUT2D eigenvalue weighted by molar-refractivity contribution is 6.30. The molecule has 0 bridgehead atoms. The highest BCUT2D eigenvalue weighted by Gasteiger charge is 2.29. The number of ether oxygens (including phenoxy) is 2. The Morgan fingerprint density at radius 2 is 1.96 bits per heavy atom. The van der Waals surface area contributed by atoms with Crippen LogP contribution in [0.3, 0.4) is 0 Å². The standard InChI is InChI=1S/C17H19ClN2O3/c1-17(2,23-14-8-6-13(18)7-9-14)16(21)20-11-12-5-4-10-19-15(12)22-3/h4-10H,11H2,1-3H3,(H,20,21). The van der Waals surface area contributed by atoms with E-state index in [1.807, 2.05) is 6.07 Å². The Labute approximate surface area is 140 Å². The van der Waals surface area contributed by atoms with Crippen LogP contribution < -0.4 is 14.8 Å². The number of hydrogen-bond donors (Lipinski definition) is 1. The van der Waals surface area contributed by atoms with Gasteiger partial charge in [0.15, 0.2) is 5.60 Å². The zero-order valence-electron chi connectivity index (χ0n) is 13.3. The van der Waals surface area contributed by atoms with Crippen LogP contribution in [0.25, 0.3) is 0 Å². The number of nitrogens with zero attached hydrogens (tertiary/aromatic N) is 1. The Morgan fingerprint density at radius 3 is 2.61 bits per heavy atom. The molecule has 0 aliphatic heterocycles. The fraction of sp³-hybridized carbons (Fsp3) is 0.294. The van der Waals surface area contributed by atoms with E-state index in [1.165, 1.54) is 0 Å². The van der Waals surface area contributed by atoms with Crippen molar-refractivity contribution in [2.45, 2.75) is 26.0 Å². The topological polar surface area (TPSA) is 60.5 Å². The molecule has 6 heteroatoms. The SMILES string of the molecule is COc1ncccc1CNC(=O)C(C)(C)Oc1ccc(Cl)cc1. The summed E-state index contributed by atoms with van der Waals surface area (Å²) < 4.78 is 10.9. The van der Waals surface area contributed by atoms with Crippen LogP contribution in [0.5, 0.6) is 11.6 Å². The van der Waals surface area contributed by atoms with Crippen LogP contribution in [-0.4, -0.2) is 23.6 Å². The predicted molar refractivity (Wildman–Crippen MR) is 88.8 cm³/mol. The van der Waals surface area contributed by atoms with Gasteiger partial charge in [-0.2, -0.15) is 0 Å². The van der Waals surface area contributed by atoms with Gasteiger partial charge < -0.3 is 14.8 Å². The molecule has 1 aromatic carbocycles. The first-order valence-corrected chi connectivity index (χ1v) is 7.51. The van der Waals surface area contributed by atoms with Crippen LogP contribution in [0.15, 0.2) is 42.6 Å². The molecule has 1 N–H and O–H groups in total. The fourth-order valence-electron chi connectivity index (χ4n) is 1.97. The van der Waals surface area contributed by atoms with Crippen LogP contribution in [0.1, 0.15) is 19.4 Å². The minimum atomic E-state index is -1.02. The Balaban J connectivity index is 1.99. The normalized spacial score (nSPS) is 11.0. The molecule has 0 aliphatic carbocycles. The summed E-state index contributed by atoms with van der Waals surface area (Å²) >= 11 is 5.84. The third-order valence-electron chi connectivity index (χ3n) is 3.22. The van der Waals surface area contributed by atoms with Gasteiger partial charge in [-0.15, -0.1) is 0 Å². The van der Waals surface area contributed by atoms with Crippen LogP contribution in [0.2, 0.25) is 5.02 Å². The van der Waals surface area contributed by atoms with Gasteiger partial charge >= 0.3 is 0 Å². The Morgan fingerprint density at radius 1 is 1.26 bits per heavy atom. The lowest BCUT2D eigenvalue weighted by molar-refractivity contribution is -0.134. The lowest BCUT2D eigenvalue weighted by Gasteiger charge is -2.25. The number of hydrogen-bond acceptors (Lipinski definition) is 4. The van der Waals surface area contributed by atoms with E-state index in [2.05, 4.69) is 10.3 Å². The number of carbonyl (C=O) groups excluding carboxylic acids is 1. The summed E-state index contributed by atoms with van der Waals surface area (Å²) in [4.78, 5) is 16.5. The molecular weight excluding hydrogens is 316 g/mol. The summed E-state index contributed by atoms with van der Waals surface area (Å²) in [6, 6.07) is 10.5. The Hall–Kier alpha value is -2.27. The molecule has 1 aromatic heterocycles. The van der Waals surface area contributed by atoms with Gasteiger partial charge in [-0.25, -0.2) is 4.98 Å². The van der Waals surface area contributed by atoms with E-state index in [-0.39, 0.29) is 5.91 Å². The van der Waals surface area contributed by atoms with E-state index in [0.717, 1.165) is 5.56 Å². The van der Waals surface area contributed by atoms with E-state index in [1.54, 1.807) is 57.5 Å². The number of nitrogens with one attached hydrogen (secondary N) is 1. The highest BCUT2D eigenvalue weighted by Crippen LogP contribution is 2.21. The monoisotopic (exact) mass is 334 g/mol. The fourth-order valence-corrected chi connectivity index (χ4v) is 2.10. The smallest absolute Gasteiger partial charge is 0.263 e. The Kier molecular flexibility index (Phi) is 5.45. The van der Waals surface area contributed by atoms with Gasteiger partial charge in [-0.3, -0.25) is 4.79 Å². The summed E-state index contributed by atoms with van der Waals surface area (Å²) in [5, 5.41) is 3.45. The summed E-state index contributed by atoms with van der Waals surface area (Å²) in [6.07, 6.45) is 1.64. The van der Waals surface area contributed by atoms with Gasteiger partial charge in [0.1, 0.15) is 5.75 Å². The quantitative estimate of drug-likeness (QED) is 0.881. The van der Waals surface area contributed by atoms with E-state index in [4.69, 9.17) is 21.1 Å². The maximum Gasteiger partial charge on any atom is 0.263 e. The van der Waals surface area contributed by atoms with Crippen molar-refractivity contribution in [3.63, 3.8) is 0 Å². The van der Waals surface area contributed by atoms with Gasteiger partial charge in [0, 0.05) is 23.3 Å². The second-order valence-corrected chi connectivity index (χ2v) is 5.86. The lowest BCUT2D eigenvalue weighted by atomic mass is 10.1. The van der Waals surface area contributed by atoms with Crippen molar-refractivity contribution < 1.29 is 14.3 Å². The molecule has 1 heterocycles. The molecule has 2 aromatic rings. The zero-order valence-corrected chi connectivity index (χ0v) is 14.1. The average Bonchev–Trinajstić information content (AvgIpc) is 2.54. The largest absolute Gasteiger partial charge is 0.481 e. The number of benzene rings is 1. The molecule has 23 heavy (non-hydrogen) atoms. The molecule has 0 saturated heterocycles. The first-order valence-electron chi connectivity index (χ1n) is 7.13. The van der Waals surface area contributed by atoms with Gasteiger partial charge in [-0.1, -0.05) is 17.7 Å². The molecule has 0 radical (unpaired) electrons. The average molecular weight is 335 g/mol. The maximum absolute atomic E-state index is 12.4. The van der Waals surface area contributed by atoms with Crippen LogP contribution >= 0.6 is 11.6 Å². The second kappa shape index (κ2) is 7.33. The number of halogens is 1. The van der Waals surface area contributed by atoms with Crippen molar-refractivity contribution in [3.8, 4) is 11.6 Å². The predicted octanol–water partition coefficient (Wildman–Crippen LogP) is 3.22. The van der Waals surface area contributed by atoms with Crippen molar-refractivity contribution in [3.05, 3.63) is 53.2 Å². The first kappa shape index (κ1) is 17.1. The summed E-state index contributed by atoms with van der Waals surface area (Å²) in [6.45, 7) is 3.72. The van der Waals surface area contributed by atoms with Crippen LogP contribution in [-0.2, 0) is 11.3 Å². The van der Waals surface area contributed by atoms with Gasteiger partial charge in [0.25, 0.3) is 5.91 Å².